The summed E-state index contributed by atoms with van der Waals surface area (Å²) >= 11 is 0. The number of piperazine rings is 1. The minimum Gasteiger partial charge on any atom is -0.314 e. The molecule has 106 valence electrons. The van der Waals surface area contributed by atoms with E-state index in [-0.39, 0.29) is 0 Å². The van der Waals surface area contributed by atoms with Crippen LogP contribution in [-0.2, 0) is 10.0 Å². The van der Waals surface area contributed by atoms with Crippen molar-refractivity contribution in [3.63, 3.8) is 0 Å². The van der Waals surface area contributed by atoms with Gasteiger partial charge in [0, 0.05) is 39.3 Å². The van der Waals surface area contributed by atoms with Gasteiger partial charge in [-0.1, -0.05) is 19.3 Å². The molecule has 0 radical (unpaired) electrons. The van der Waals surface area contributed by atoms with Crippen molar-refractivity contribution in [2.24, 2.45) is 5.92 Å². The molecule has 0 atom stereocenters. The van der Waals surface area contributed by atoms with Gasteiger partial charge < -0.3 is 5.32 Å². The standard InChI is InChI=1S/C12H25N3O2S/c16-18(17,11-4-12-2-1-3-12)14-7-10-15-8-5-13-6-9-15/h12-14H,1-11H2. The fourth-order valence-electron chi connectivity index (χ4n) is 2.47. The molecule has 2 N–H and O–H groups in total. The van der Waals surface area contributed by atoms with E-state index in [1.807, 2.05) is 0 Å². The molecular formula is C12H25N3O2S. The van der Waals surface area contributed by atoms with E-state index >= 15 is 0 Å². The van der Waals surface area contributed by atoms with Gasteiger partial charge in [-0.3, -0.25) is 4.90 Å². The average molecular weight is 275 g/mol. The molecule has 0 aromatic rings. The van der Waals surface area contributed by atoms with Gasteiger partial charge in [-0.05, 0) is 12.3 Å². The Labute approximate surface area is 110 Å². The lowest BCUT2D eigenvalue weighted by atomic mass is 9.84. The van der Waals surface area contributed by atoms with E-state index < -0.39 is 10.0 Å². The lowest BCUT2D eigenvalue weighted by Gasteiger charge is -2.27. The third kappa shape index (κ3) is 4.84. The van der Waals surface area contributed by atoms with Crippen LogP contribution in [0, 0.1) is 5.92 Å². The van der Waals surface area contributed by atoms with Gasteiger partial charge in [0.05, 0.1) is 5.75 Å². The summed E-state index contributed by atoms with van der Waals surface area (Å²) in [6.07, 6.45) is 4.55. The van der Waals surface area contributed by atoms with Crippen molar-refractivity contribution in [1.82, 2.24) is 14.9 Å². The monoisotopic (exact) mass is 275 g/mol. The predicted molar refractivity (Wildman–Crippen MR) is 73.1 cm³/mol. The van der Waals surface area contributed by atoms with Crippen molar-refractivity contribution < 1.29 is 8.42 Å². The van der Waals surface area contributed by atoms with Crippen LogP contribution in [0.3, 0.4) is 0 Å². The van der Waals surface area contributed by atoms with Crippen LogP contribution in [0.1, 0.15) is 25.7 Å². The lowest BCUT2D eigenvalue weighted by molar-refractivity contribution is 0.245. The van der Waals surface area contributed by atoms with Crippen molar-refractivity contribution in [3.8, 4) is 0 Å². The van der Waals surface area contributed by atoms with Gasteiger partial charge in [0.15, 0.2) is 0 Å². The van der Waals surface area contributed by atoms with Crippen LogP contribution >= 0.6 is 0 Å². The van der Waals surface area contributed by atoms with Crippen LogP contribution in [-0.4, -0.2) is 58.3 Å². The maximum Gasteiger partial charge on any atom is 0.211 e. The van der Waals surface area contributed by atoms with Gasteiger partial charge in [0.2, 0.25) is 10.0 Å². The number of hydrogen-bond donors (Lipinski definition) is 2. The quantitative estimate of drug-likeness (QED) is 0.687. The molecule has 0 bridgehead atoms. The van der Waals surface area contributed by atoms with Crippen molar-refractivity contribution in [2.75, 3.05) is 45.0 Å². The second-order valence-corrected chi connectivity index (χ2v) is 7.32. The highest BCUT2D eigenvalue weighted by molar-refractivity contribution is 7.89. The summed E-state index contributed by atoms with van der Waals surface area (Å²) in [6.45, 7) is 5.42. The van der Waals surface area contributed by atoms with E-state index in [2.05, 4.69) is 14.9 Å². The van der Waals surface area contributed by atoms with E-state index in [1.54, 1.807) is 0 Å². The molecule has 2 rings (SSSR count). The zero-order valence-corrected chi connectivity index (χ0v) is 11.8. The molecular weight excluding hydrogens is 250 g/mol. The van der Waals surface area contributed by atoms with Crippen LogP contribution in [0.5, 0.6) is 0 Å². The molecule has 1 heterocycles. The molecule has 0 spiro atoms. The third-order valence-corrected chi connectivity index (χ3v) is 5.40. The number of sulfonamides is 1. The molecule has 0 aromatic carbocycles. The smallest absolute Gasteiger partial charge is 0.211 e. The molecule has 5 nitrogen and oxygen atoms in total. The van der Waals surface area contributed by atoms with Crippen molar-refractivity contribution in [3.05, 3.63) is 0 Å². The average Bonchev–Trinajstić information content (AvgIpc) is 2.28. The highest BCUT2D eigenvalue weighted by Crippen LogP contribution is 2.29. The molecule has 1 saturated heterocycles. The highest BCUT2D eigenvalue weighted by atomic mass is 32.2. The first-order valence-electron chi connectivity index (χ1n) is 7.06. The molecule has 18 heavy (non-hydrogen) atoms. The Kier molecular flexibility index (Phi) is 5.41. The van der Waals surface area contributed by atoms with E-state index in [4.69, 9.17) is 0 Å². The lowest BCUT2D eigenvalue weighted by Crippen LogP contribution is -2.46. The molecule has 0 amide bonds. The number of nitrogens with zero attached hydrogens (tertiary/aromatic N) is 1. The molecule has 1 saturated carbocycles. The fraction of sp³-hybridized carbons (Fsp3) is 1.00. The molecule has 0 aromatic heterocycles. The third-order valence-electron chi connectivity index (χ3n) is 3.98. The van der Waals surface area contributed by atoms with E-state index in [0.717, 1.165) is 39.1 Å². The van der Waals surface area contributed by atoms with E-state index in [9.17, 15) is 8.42 Å². The zero-order chi connectivity index (χ0) is 12.8. The van der Waals surface area contributed by atoms with Crippen molar-refractivity contribution in [1.29, 1.82) is 0 Å². The van der Waals surface area contributed by atoms with Crippen LogP contribution in [0.2, 0.25) is 0 Å². The number of hydrogen-bond acceptors (Lipinski definition) is 4. The Morgan fingerprint density at radius 1 is 1.22 bits per heavy atom. The second kappa shape index (κ2) is 6.84. The maximum absolute atomic E-state index is 11.8. The fourth-order valence-corrected chi connectivity index (χ4v) is 3.66. The zero-order valence-electron chi connectivity index (χ0n) is 11.0. The Balaban J connectivity index is 1.58. The normalized spacial score (nSPS) is 22.9. The van der Waals surface area contributed by atoms with Crippen LogP contribution < -0.4 is 10.0 Å². The number of nitrogens with one attached hydrogen (secondary N) is 2. The Morgan fingerprint density at radius 3 is 2.56 bits per heavy atom. The number of rotatable bonds is 7. The first-order chi connectivity index (χ1) is 8.66. The van der Waals surface area contributed by atoms with Gasteiger partial charge in [0.1, 0.15) is 0 Å². The molecule has 2 fully saturated rings. The summed E-state index contributed by atoms with van der Waals surface area (Å²) in [5.74, 6) is 0.967. The minimum absolute atomic E-state index is 0.305. The summed E-state index contributed by atoms with van der Waals surface area (Å²) in [4.78, 5) is 2.30. The first kappa shape index (κ1) is 14.2. The van der Waals surface area contributed by atoms with Crippen molar-refractivity contribution >= 4 is 10.0 Å². The van der Waals surface area contributed by atoms with Gasteiger partial charge in [0.25, 0.3) is 0 Å². The SMILES string of the molecule is O=S(=O)(CCC1CCC1)NCCN1CCNCC1. The van der Waals surface area contributed by atoms with Crippen LogP contribution in [0.25, 0.3) is 0 Å². The Bertz CT molecular complexity index is 335. The Hall–Kier alpha value is -0.170. The van der Waals surface area contributed by atoms with Gasteiger partial charge >= 0.3 is 0 Å². The van der Waals surface area contributed by atoms with Crippen LogP contribution in [0.15, 0.2) is 0 Å². The highest BCUT2D eigenvalue weighted by Gasteiger charge is 2.20. The molecule has 1 aliphatic carbocycles. The Morgan fingerprint density at radius 2 is 1.94 bits per heavy atom. The predicted octanol–water partition coefficient (Wildman–Crippen LogP) is 0.00120. The summed E-state index contributed by atoms with van der Waals surface area (Å²) < 4.78 is 26.3. The minimum atomic E-state index is -3.05. The van der Waals surface area contributed by atoms with Gasteiger partial charge in [-0.25, -0.2) is 13.1 Å². The topological polar surface area (TPSA) is 61.4 Å². The van der Waals surface area contributed by atoms with Gasteiger partial charge in [-0.15, -0.1) is 0 Å². The van der Waals surface area contributed by atoms with E-state index in [0.29, 0.717) is 18.2 Å². The molecule has 1 aliphatic heterocycles. The maximum atomic E-state index is 11.8. The van der Waals surface area contributed by atoms with Crippen LogP contribution in [0.4, 0.5) is 0 Å². The molecule has 6 heteroatoms. The van der Waals surface area contributed by atoms with Crippen molar-refractivity contribution in [2.45, 2.75) is 25.7 Å². The second-order valence-electron chi connectivity index (χ2n) is 5.39. The first-order valence-corrected chi connectivity index (χ1v) is 8.71. The summed E-state index contributed by atoms with van der Waals surface area (Å²) in [7, 11) is -3.05. The molecule has 0 unspecified atom stereocenters. The largest absolute Gasteiger partial charge is 0.314 e. The summed E-state index contributed by atoms with van der Waals surface area (Å²) in [5, 5.41) is 3.29. The summed E-state index contributed by atoms with van der Waals surface area (Å²) in [5.41, 5.74) is 0. The summed E-state index contributed by atoms with van der Waals surface area (Å²) in [6, 6.07) is 0. The van der Waals surface area contributed by atoms with E-state index in [1.165, 1.54) is 19.3 Å². The molecule has 2 aliphatic rings. The van der Waals surface area contributed by atoms with Gasteiger partial charge in [-0.2, -0.15) is 0 Å².